The Hall–Kier alpha value is -18.5. The Morgan fingerprint density at radius 2 is 0.447 bits per heavy atom. The minimum atomic E-state index is -1.10. The third-order valence-electron chi connectivity index (χ3n) is 25.0. The van der Waals surface area contributed by atoms with Gasteiger partial charge in [-0.25, -0.2) is 0 Å². The summed E-state index contributed by atoms with van der Waals surface area (Å²) >= 11 is 0. The van der Waals surface area contributed by atoms with Crippen LogP contribution >= 0.6 is 0 Å². The Morgan fingerprint density at radius 1 is 0.135 bits per heavy atom. The molecular weight excluding hydrogens is 1710 g/mol. The van der Waals surface area contributed by atoms with Gasteiger partial charge in [0.1, 0.15) is 33.5 Å². The molecule has 0 aliphatic heterocycles. The lowest BCUT2D eigenvalue weighted by Crippen LogP contribution is -1.91. The Labute approximate surface area is 899 Å². The molecule has 3 heterocycles. The van der Waals surface area contributed by atoms with Crippen LogP contribution in [0, 0.1) is 0 Å². The van der Waals surface area contributed by atoms with Crippen LogP contribution in [0.25, 0.3) is 295 Å². The highest BCUT2D eigenvalue weighted by atomic mass is 16.3. The third kappa shape index (κ3) is 13.3. The van der Waals surface area contributed by atoms with Crippen molar-refractivity contribution in [3.05, 3.63) is 508 Å². The van der Waals surface area contributed by atoms with Crippen LogP contribution in [0.2, 0.25) is 0 Å². The maximum atomic E-state index is 9.67. The van der Waals surface area contributed by atoms with Gasteiger partial charge in [0.25, 0.3) is 0 Å². The van der Waals surface area contributed by atoms with Crippen molar-refractivity contribution in [2.24, 2.45) is 0 Å². The molecule has 0 unspecified atom stereocenters. The molecule has 27 aromatic carbocycles. The van der Waals surface area contributed by atoms with Gasteiger partial charge in [-0.3, -0.25) is 0 Å². The van der Waals surface area contributed by atoms with Crippen LogP contribution in [0.15, 0.2) is 521 Å². The van der Waals surface area contributed by atoms with Crippen molar-refractivity contribution in [3.8, 4) is 100 Å². The van der Waals surface area contributed by atoms with Crippen molar-refractivity contribution in [1.82, 2.24) is 0 Å². The van der Waals surface area contributed by atoms with Crippen molar-refractivity contribution < 1.29 is 98.2 Å². The fourth-order valence-corrected chi connectivity index (χ4v) is 18.9. The number of benzene rings is 27. The molecule has 30 aromatic rings. The van der Waals surface area contributed by atoms with Gasteiger partial charge in [-0.1, -0.05) is 460 Å². The number of fused-ring (bicyclic) bond motifs is 24. The van der Waals surface area contributed by atoms with E-state index in [-0.39, 0.29) is 43.8 Å². The van der Waals surface area contributed by atoms with E-state index < -0.39 is 544 Å². The molecular formula is C138H84O3. The fourth-order valence-electron chi connectivity index (χ4n) is 18.9. The van der Waals surface area contributed by atoms with E-state index in [1.807, 2.05) is 91.0 Å². The van der Waals surface area contributed by atoms with Gasteiger partial charge in [0.15, 0.2) is 0 Å². The van der Waals surface area contributed by atoms with Gasteiger partial charge in [0, 0.05) is 48.5 Å². The Balaban J connectivity index is 0.000000135. The standard InChI is InChI=1S/3C46H28O/c1-3-14-33-29(11-1)13-9-21-36(33)44-39-18-7-5-16-37(39)43(38-17-6-8-19-40(38)44)32-25-23-31(24-26-32)34-20-10-22-42-45(34)41-28-27-30-12-2-4-15-35(30)46(41)47-42;2*1-2-12-33-28-34(25-20-29(33)10-1)44-39-16-7-5-14-37(39)43(38-15-6-8-17-40(38)44)32-23-21-31(22-24-32)35-18-9-19-42-45(35)41-27-26-30-11-3-4-13-36(30)46(41)47-42/h3*1-28H/i1D,3D,5D,6D,7D,8D,9D,11D,13D,14D,16D,17D,18D,19D,21D,23D,24D,25D,26D;1D,2D,3D,4D,5D,6D,7D,8D,9D,10D,11D,12D,13D,14D,15D,16D,17D,18D,19D,20D,21D,22D,23D,24D,25D,26D,27D,28D;1D,2D,5D,6D,7D,8D,10D,12D,14D,15D,16D,17D,20D,25D,28D. The second-order valence-electron chi connectivity index (χ2n) is 32.5. The number of hydrogen-bond donors (Lipinski definition) is 0. The molecule has 0 N–H and O–H groups in total. The first-order valence-corrected chi connectivity index (χ1v) is 43.5. The molecule has 0 saturated heterocycles. The van der Waals surface area contributed by atoms with E-state index in [4.69, 9.17) is 62.6 Å². The first kappa shape index (κ1) is 40.4. The van der Waals surface area contributed by atoms with E-state index in [9.17, 15) is 35.6 Å². The Kier molecular flexibility index (Phi) is 9.51. The SMILES string of the molecule is [2H]c1c([2H])c(-c2c([2H])c([2H])c([2H])c3oc4c5c([2H])c([2H])c([2H])c([2H])c5c([2H])c([2H])c4c23)c([2H])c([2H])c1-c1c2c([2H])c([2H])c([2H])c([2H])c2c(-c2c([2H])c([2H])c3c([2H])c([2H])c([2H])c([2H])c3c2[2H])c2c([2H])c([2H])c([2H])c([2H])c12.[2H]c1c([2H])c(-c2cccc3oc4c5ccccc5ccc4c23)c([2H])c([2H])c1-c1c2c([2H])c([2H])c([2H])c([2H])c2c(-c2c([2H])c([2H])c([2H])c3c([2H])c([2H])c([2H])c([2H])c23)c2c([2H])c([2H])c([2H])c([2H])c12.[2H]c1c([2H])c([2H])c2c([2H])c(-c3c4c([2H])c([2H])c([2H])c([2H])c4c(-c4ccc(-c5cccc6oc7c8ccccc8ccc7c56)cc4)c4c([2H])c([2H])c([2H])c([2H])c34)c([2H])c([2H])c2c1[2H]. The van der Waals surface area contributed by atoms with E-state index in [0.29, 0.717) is 33.1 Å². The number of hydrogen-bond acceptors (Lipinski definition) is 3. The van der Waals surface area contributed by atoms with E-state index in [0.717, 1.165) is 49.0 Å². The predicted molar refractivity (Wildman–Crippen MR) is 600 cm³/mol. The van der Waals surface area contributed by atoms with Crippen LogP contribution in [0.4, 0.5) is 0 Å². The highest BCUT2D eigenvalue weighted by molar-refractivity contribution is 6.28. The summed E-state index contributed by atoms with van der Waals surface area (Å²) in [6.07, 6.45) is 0. The monoisotopic (exact) mass is 1850 g/mol. The number of furan rings is 3. The summed E-state index contributed by atoms with van der Waals surface area (Å²) in [4.78, 5) is 0. The van der Waals surface area contributed by atoms with Crippen molar-refractivity contribution in [1.29, 1.82) is 0 Å². The molecule has 3 nitrogen and oxygen atoms in total. The minimum Gasteiger partial charge on any atom is -0.455 e. The average molecular weight is 1850 g/mol. The molecule has 0 fully saturated rings. The quantitative estimate of drug-likeness (QED) is 0.135. The molecule has 654 valence electrons. The number of rotatable bonds is 9. The maximum Gasteiger partial charge on any atom is 0.143 e. The maximum absolute atomic E-state index is 9.67. The molecule has 30 rings (SSSR count). The van der Waals surface area contributed by atoms with Crippen LogP contribution in [0.1, 0.15) is 85.0 Å². The molecule has 0 radical (unpaired) electrons. The van der Waals surface area contributed by atoms with E-state index in [1.165, 1.54) is 0 Å². The van der Waals surface area contributed by atoms with Crippen molar-refractivity contribution >= 4 is 195 Å². The van der Waals surface area contributed by atoms with Crippen LogP contribution in [0.5, 0.6) is 0 Å². The zero-order valence-electron chi connectivity index (χ0n) is 134. The first-order chi connectivity index (χ1) is 95.8. The lowest BCUT2D eigenvalue weighted by atomic mass is 9.84. The van der Waals surface area contributed by atoms with Gasteiger partial charge >= 0.3 is 0 Å². The average Bonchev–Trinajstić information content (AvgIpc) is 1.33. The van der Waals surface area contributed by atoms with Crippen LogP contribution in [0.3, 0.4) is 0 Å². The molecule has 0 aliphatic carbocycles. The van der Waals surface area contributed by atoms with Gasteiger partial charge in [0.2, 0.25) is 0 Å². The van der Waals surface area contributed by atoms with Crippen LogP contribution in [-0.2, 0) is 0 Å². The molecule has 3 aromatic heterocycles. The van der Waals surface area contributed by atoms with Crippen LogP contribution < -0.4 is 0 Å². The van der Waals surface area contributed by atoms with Crippen molar-refractivity contribution in [2.45, 2.75) is 0 Å². The first-order valence-electron chi connectivity index (χ1n) is 74.5. The Bertz CT molecular complexity index is 14200. The lowest BCUT2D eigenvalue weighted by Gasteiger charge is -2.19. The van der Waals surface area contributed by atoms with Gasteiger partial charge in [-0.05, 0) is 262 Å². The summed E-state index contributed by atoms with van der Waals surface area (Å²) in [5.41, 5.74) is -4.51. The van der Waals surface area contributed by atoms with Crippen molar-refractivity contribution in [3.63, 3.8) is 0 Å². The predicted octanol–water partition coefficient (Wildman–Crippen LogP) is 39.6. The van der Waals surface area contributed by atoms with E-state index in [1.54, 1.807) is 42.5 Å². The van der Waals surface area contributed by atoms with Gasteiger partial charge in [-0.15, -0.1) is 0 Å². The van der Waals surface area contributed by atoms with Gasteiger partial charge in [0.05, 0.1) is 85.0 Å². The second kappa shape index (κ2) is 33.2. The summed E-state index contributed by atoms with van der Waals surface area (Å²) in [7, 11) is 0. The molecule has 0 spiro atoms. The zero-order chi connectivity index (χ0) is 147. The molecule has 0 saturated carbocycles. The normalized spacial score (nSPS) is 18.0. The summed E-state index contributed by atoms with van der Waals surface area (Å²) in [6, 6.07) is -9.91. The van der Waals surface area contributed by atoms with Crippen molar-refractivity contribution in [2.75, 3.05) is 0 Å². The van der Waals surface area contributed by atoms with E-state index in [2.05, 4.69) is 0 Å². The molecule has 0 amide bonds. The van der Waals surface area contributed by atoms with Gasteiger partial charge in [-0.2, -0.15) is 0 Å². The summed E-state index contributed by atoms with van der Waals surface area (Å²) in [5, 5.41) is -4.58. The largest absolute Gasteiger partial charge is 0.455 e. The van der Waals surface area contributed by atoms with Gasteiger partial charge < -0.3 is 13.3 Å². The minimum absolute atomic E-state index is 0.0367. The molecule has 141 heavy (non-hydrogen) atoms. The third-order valence-corrected chi connectivity index (χ3v) is 25.0. The summed E-state index contributed by atoms with van der Waals surface area (Å²) < 4.78 is 577. The fraction of sp³-hybridized carbons (Fsp3) is 0. The Morgan fingerprint density at radius 3 is 0.915 bits per heavy atom. The second-order valence-corrected chi connectivity index (χ2v) is 32.5. The summed E-state index contributed by atoms with van der Waals surface area (Å²) in [5.74, 6) is 0. The zero-order valence-corrected chi connectivity index (χ0v) is 71.9. The topological polar surface area (TPSA) is 39.4 Å². The molecule has 0 atom stereocenters. The smallest absolute Gasteiger partial charge is 0.143 e. The lowest BCUT2D eigenvalue weighted by molar-refractivity contribution is 0.672. The summed E-state index contributed by atoms with van der Waals surface area (Å²) in [6.45, 7) is 0. The molecule has 0 aliphatic rings. The highest BCUT2D eigenvalue weighted by Crippen LogP contribution is 2.52. The van der Waals surface area contributed by atoms with E-state index >= 15 is 0 Å². The molecule has 0 bridgehead atoms. The van der Waals surface area contributed by atoms with Crippen LogP contribution in [-0.4, -0.2) is 0 Å². The molecule has 3 heteroatoms. The highest BCUT2D eigenvalue weighted by Gasteiger charge is 2.26.